The predicted molar refractivity (Wildman–Crippen MR) is 234 cm³/mol. The SMILES string of the molecule is CC1(C)c2ccccc2Oc2c(N(c3ccccc3)c3ccc4c(c3)N(c3ccccc3)c3cccc5c3B4c3ccccc3N5c3ccccc3)cccc21. The van der Waals surface area contributed by atoms with Gasteiger partial charge in [0.05, 0.1) is 5.69 Å². The van der Waals surface area contributed by atoms with Crippen molar-refractivity contribution in [1.82, 2.24) is 0 Å². The topological polar surface area (TPSA) is 19.0 Å². The van der Waals surface area contributed by atoms with Crippen LogP contribution in [0.4, 0.5) is 51.2 Å². The van der Waals surface area contributed by atoms with Crippen LogP contribution in [-0.4, -0.2) is 6.71 Å². The number of anilines is 9. The lowest BCUT2D eigenvalue weighted by Gasteiger charge is -2.44. The van der Waals surface area contributed by atoms with Gasteiger partial charge in [-0.2, -0.15) is 0 Å². The van der Waals surface area contributed by atoms with Gasteiger partial charge in [-0.3, -0.25) is 0 Å². The van der Waals surface area contributed by atoms with Crippen LogP contribution in [0, 0.1) is 0 Å². The van der Waals surface area contributed by atoms with Crippen molar-refractivity contribution in [3.8, 4) is 11.5 Å². The molecule has 0 bridgehead atoms. The van der Waals surface area contributed by atoms with E-state index < -0.39 is 0 Å². The van der Waals surface area contributed by atoms with E-state index in [-0.39, 0.29) is 12.1 Å². The molecule has 5 heteroatoms. The van der Waals surface area contributed by atoms with Gasteiger partial charge < -0.3 is 19.4 Å². The van der Waals surface area contributed by atoms with E-state index in [0.717, 1.165) is 45.6 Å². The summed E-state index contributed by atoms with van der Waals surface area (Å²) in [6, 6.07) is 70.0. The average Bonchev–Trinajstić information content (AvgIpc) is 3.25. The number of rotatable bonds is 5. The molecule has 4 nitrogen and oxygen atoms in total. The zero-order chi connectivity index (χ0) is 37.4. The Bertz CT molecular complexity index is 2790. The first-order valence-corrected chi connectivity index (χ1v) is 19.4. The van der Waals surface area contributed by atoms with Gasteiger partial charge in [0.15, 0.2) is 5.75 Å². The third kappa shape index (κ3) is 4.80. The molecule has 3 aliphatic heterocycles. The first-order chi connectivity index (χ1) is 27.6. The van der Waals surface area contributed by atoms with Crippen molar-refractivity contribution >= 4 is 74.3 Å². The Morgan fingerprint density at radius 1 is 0.464 bits per heavy atom. The average molecular weight is 720 g/mol. The zero-order valence-electron chi connectivity index (χ0n) is 31.3. The number of fused-ring (bicyclic) bond motifs is 6. The lowest BCUT2D eigenvalue weighted by Crippen LogP contribution is -2.61. The molecule has 11 rings (SSSR count). The van der Waals surface area contributed by atoms with E-state index in [1.807, 2.05) is 0 Å². The summed E-state index contributed by atoms with van der Waals surface area (Å²) in [5, 5.41) is 0. The summed E-state index contributed by atoms with van der Waals surface area (Å²) in [6.45, 7) is 4.64. The van der Waals surface area contributed by atoms with Crippen molar-refractivity contribution in [2.45, 2.75) is 19.3 Å². The molecule has 56 heavy (non-hydrogen) atoms. The molecule has 8 aromatic carbocycles. The number of nitrogens with zero attached hydrogens (tertiary/aromatic N) is 3. The van der Waals surface area contributed by atoms with E-state index in [9.17, 15) is 0 Å². The number of benzene rings is 8. The van der Waals surface area contributed by atoms with Gasteiger partial charge in [-0.25, -0.2) is 0 Å². The lowest BCUT2D eigenvalue weighted by molar-refractivity contribution is 0.419. The van der Waals surface area contributed by atoms with Crippen molar-refractivity contribution in [3.63, 3.8) is 0 Å². The summed E-state index contributed by atoms with van der Waals surface area (Å²) >= 11 is 0. The molecule has 3 heterocycles. The van der Waals surface area contributed by atoms with Crippen LogP contribution in [0.3, 0.4) is 0 Å². The summed E-state index contributed by atoms with van der Waals surface area (Å²) in [5.74, 6) is 1.79. The van der Waals surface area contributed by atoms with Crippen molar-refractivity contribution in [2.24, 2.45) is 0 Å². The fourth-order valence-electron chi connectivity index (χ4n) is 9.35. The second-order valence-electron chi connectivity index (χ2n) is 15.3. The van der Waals surface area contributed by atoms with Gasteiger partial charge in [0.2, 0.25) is 0 Å². The van der Waals surface area contributed by atoms with E-state index in [4.69, 9.17) is 4.74 Å². The largest absolute Gasteiger partial charge is 0.455 e. The van der Waals surface area contributed by atoms with Crippen LogP contribution in [-0.2, 0) is 5.41 Å². The Hall–Kier alpha value is -6.98. The highest BCUT2D eigenvalue weighted by molar-refractivity contribution is 7.00. The van der Waals surface area contributed by atoms with Gasteiger partial charge in [-0.15, -0.1) is 0 Å². The van der Waals surface area contributed by atoms with E-state index >= 15 is 0 Å². The first kappa shape index (κ1) is 32.5. The van der Waals surface area contributed by atoms with E-state index in [1.54, 1.807) is 0 Å². The Labute approximate surface area is 328 Å². The molecule has 3 aliphatic rings. The molecule has 0 aliphatic carbocycles. The first-order valence-electron chi connectivity index (χ1n) is 19.4. The van der Waals surface area contributed by atoms with Crippen molar-refractivity contribution in [2.75, 3.05) is 14.7 Å². The van der Waals surface area contributed by atoms with Crippen LogP contribution in [0.1, 0.15) is 25.0 Å². The fourth-order valence-corrected chi connectivity index (χ4v) is 9.35. The minimum Gasteiger partial charge on any atom is -0.455 e. The van der Waals surface area contributed by atoms with Gasteiger partial charge >= 0.3 is 0 Å². The lowest BCUT2D eigenvalue weighted by atomic mass is 9.33. The number of ether oxygens (including phenoxy) is 1. The van der Waals surface area contributed by atoms with Gasteiger partial charge in [0, 0.05) is 62.0 Å². The highest BCUT2D eigenvalue weighted by Crippen LogP contribution is 2.54. The maximum Gasteiger partial charge on any atom is 0.252 e. The second-order valence-corrected chi connectivity index (χ2v) is 15.3. The third-order valence-corrected chi connectivity index (χ3v) is 11.9. The molecule has 0 amide bonds. The van der Waals surface area contributed by atoms with E-state index in [1.165, 1.54) is 44.6 Å². The minimum absolute atomic E-state index is 0.0386. The van der Waals surface area contributed by atoms with E-state index in [2.05, 4.69) is 223 Å². The standard InChI is InChI=1S/C51H38BN3O/c1-51(2)39-24-12-15-31-48(39)56-50-40(51)25-16-30-46(50)53(35-18-6-3-7-19-35)38-32-33-42-47(34-38)55(37-22-10-5-11-23-37)45-29-17-28-44-49(45)52(42)41-26-13-14-27-43(41)54(44)36-20-8-4-9-21-36/h3-34H,1-2H3. The van der Waals surface area contributed by atoms with Gasteiger partial charge in [-0.05, 0) is 95.3 Å². The highest BCUT2D eigenvalue weighted by atomic mass is 16.5. The Morgan fingerprint density at radius 3 is 1.75 bits per heavy atom. The Morgan fingerprint density at radius 2 is 1.02 bits per heavy atom. The van der Waals surface area contributed by atoms with E-state index in [0.29, 0.717) is 0 Å². The van der Waals surface area contributed by atoms with Crippen molar-refractivity contribution in [1.29, 1.82) is 0 Å². The predicted octanol–water partition coefficient (Wildman–Crippen LogP) is 11.7. The number of hydrogen-bond donors (Lipinski definition) is 0. The highest BCUT2D eigenvalue weighted by Gasteiger charge is 2.43. The second kappa shape index (κ2) is 12.5. The smallest absolute Gasteiger partial charge is 0.252 e. The quantitative estimate of drug-likeness (QED) is 0.165. The fraction of sp³-hybridized carbons (Fsp3) is 0.0588. The van der Waals surface area contributed by atoms with Crippen LogP contribution >= 0.6 is 0 Å². The molecule has 0 saturated carbocycles. The monoisotopic (exact) mass is 719 g/mol. The summed E-state index contributed by atoms with van der Waals surface area (Å²) in [7, 11) is 0. The normalized spacial score (nSPS) is 14.1. The number of para-hydroxylation sites is 6. The summed E-state index contributed by atoms with van der Waals surface area (Å²) in [4.78, 5) is 7.26. The van der Waals surface area contributed by atoms with Crippen LogP contribution < -0.4 is 35.8 Å². The molecule has 0 unspecified atom stereocenters. The molecule has 8 aromatic rings. The maximum absolute atomic E-state index is 6.90. The van der Waals surface area contributed by atoms with Crippen molar-refractivity contribution in [3.05, 3.63) is 205 Å². The molecule has 0 saturated heterocycles. The molecule has 0 N–H and O–H groups in total. The zero-order valence-corrected chi connectivity index (χ0v) is 31.3. The molecule has 0 fully saturated rings. The van der Waals surface area contributed by atoms with Crippen LogP contribution in [0.2, 0.25) is 0 Å². The van der Waals surface area contributed by atoms with Gasteiger partial charge in [0.25, 0.3) is 6.71 Å². The van der Waals surface area contributed by atoms with Crippen molar-refractivity contribution < 1.29 is 4.74 Å². The van der Waals surface area contributed by atoms with Gasteiger partial charge in [-0.1, -0.05) is 129 Å². The molecular formula is C51H38BN3O. The Balaban J connectivity index is 1.16. The Kier molecular flexibility index (Phi) is 7.27. The third-order valence-electron chi connectivity index (χ3n) is 11.9. The summed E-state index contributed by atoms with van der Waals surface area (Å²) in [6.07, 6.45) is 0. The summed E-state index contributed by atoms with van der Waals surface area (Å²) < 4.78 is 6.90. The summed E-state index contributed by atoms with van der Waals surface area (Å²) in [5.41, 5.74) is 16.1. The molecule has 266 valence electrons. The molecule has 0 aromatic heterocycles. The molecule has 0 spiro atoms. The molecule has 0 radical (unpaired) electrons. The van der Waals surface area contributed by atoms with Crippen LogP contribution in [0.15, 0.2) is 194 Å². The number of hydrogen-bond acceptors (Lipinski definition) is 4. The van der Waals surface area contributed by atoms with Gasteiger partial charge in [0.1, 0.15) is 5.75 Å². The molecule has 0 atom stereocenters. The van der Waals surface area contributed by atoms with Crippen LogP contribution in [0.25, 0.3) is 0 Å². The van der Waals surface area contributed by atoms with Crippen LogP contribution in [0.5, 0.6) is 11.5 Å². The maximum atomic E-state index is 6.90. The minimum atomic E-state index is -0.244. The molecular weight excluding hydrogens is 681 g/mol.